The molecule has 3 nitrogen and oxygen atoms in total. The van der Waals surface area contributed by atoms with Gasteiger partial charge in [0.05, 0.1) is 5.69 Å². The molecular formula is C15H12BrClN2OS. The molecule has 6 heteroatoms. The molecule has 0 saturated carbocycles. The second kappa shape index (κ2) is 6.56. The largest absolute Gasteiger partial charge is 0.389 e. The highest BCUT2D eigenvalue weighted by Gasteiger charge is 2.13. The molecule has 0 saturated heterocycles. The van der Waals surface area contributed by atoms with Crippen LogP contribution < -0.4 is 11.1 Å². The maximum absolute atomic E-state index is 12.3. The molecule has 0 aliphatic carbocycles. The van der Waals surface area contributed by atoms with Crippen molar-refractivity contribution in [1.82, 2.24) is 0 Å². The summed E-state index contributed by atoms with van der Waals surface area (Å²) in [6, 6.07) is 10.5. The van der Waals surface area contributed by atoms with Crippen molar-refractivity contribution < 1.29 is 4.79 Å². The van der Waals surface area contributed by atoms with Crippen molar-refractivity contribution >= 4 is 56.3 Å². The van der Waals surface area contributed by atoms with Gasteiger partial charge in [-0.25, -0.2) is 0 Å². The average Bonchev–Trinajstić information content (AvgIpc) is 2.43. The SMILES string of the molecule is Cc1c(Cl)cccc1C(=O)Nc1ccc(C(N)=S)cc1Br. The highest BCUT2D eigenvalue weighted by atomic mass is 79.9. The van der Waals surface area contributed by atoms with Gasteiger partial charge in [0.2, 0.25) is 0 Å². The van der Waals surface area contributed by atoms with E-state index in [9.17, 15) is 4.79 Å². The molecule has 0 bridgehead atoms. The summed E-state index contributed by atoms with van der Waals surface area (Å²) < 4.78 is 0.709. The van der Waals surface area contributed by atoms with Gasteiger partial charge in [-0.1, -0.05) is 29.9 Å². The third-order valence-corrected chi connectivity index (χ3v) is 4.32. The number of rotatable bonds is 3. The van der Waals surface area contributed by atoms with Crippen LogP contribution in [0.15, 0.2) is 40.9 Å². The molecule has 0 unspecified atom stereocenters. The predicted octanol–water partition coefficient (Wildman–Crippen LogP) is 4.30. The lowest BCUT2D eigenvalue weighted by atomic mass is 10.1. The summed E-state index contributed by atoms with van der Waals surface area (Å²) in [4.78, 5) is 12.6. The van der Waals surface area contributed by atoms with Crippen LogP contribution in [0.25, 0.3) is 0 Å². The summed E-state index contributed by atoms with van der Waals surface area (Å²) in [5, 5.41) is 3.39. The number of nitrogens with one attached hydrogen (secondary N) is 1. The number of carbonyl (C=O) groups excluding carboxylic acids is 1. The third kappa shape index (κ3) is 3.61. The number of thiocarbonyl (C=S) groups is 1. The van der Waals surface area contributed by atoms with E-state index in [2.05, 4.69) is 21.2 Å². The van der Waals surface area contributed by atoms with Crippen LogP contribution in [-0.4, -0.2) is 10.9 Å². The monoisotopic (exact) mass is 382 g/mol. The molecule has 0 heterocycles. The van der Waals surface area contributed by atoms with Crippen molar-refractivity contribution in [3.8, 4) is 0 Å². The lowest BCUT2D eigenvalue weighted by molar-refractivity contribution is 0.102. The molecule has 0 atom stereocenters. The Kier molecular flexibility index (Phi) is 4.98. The van der Waals surface area contributed by atoms with Gasteiger partial charge in [0.15, 0.2) is 0 Å². The zero-order valence-corrected chi connectivity index (χ0v) is 14.3. The lowest BCUT2D eigenvalue weighted by Crippen LogP contribution is -2.14. The molecule has 2 rings (SSSR count). The van der Waals surface area contributed by atoms with Gasteiger partial charge in [-0.15, -0.1) is 0 Å². The van der Waals surface area contributed by atoms with Gasteiger partial charge in [-0.2, -0.15) is 0 Å². The van der Waals surface area contributed by atoms with E-state index in [4.69, 9.17) is 29.6 Å². The fourth-order valence-electron chi connectivity index (χ4n) is 1.81. The Labute approximate surface area is 141 Å². The Balaban J connectivity index is 2.28. The van der Waals surface area contributed by atoms with E-state index in [1.54, 1.807) is 36.4 Å². The van der Waals surface area contributed by atoms with E-state index in [0.717, 1.165) is 11.1 Å². The van der Waals surface area contributed by atoms with Crippen molar-refractivity contribution in [1.29, 1.82) is 0 Å². The second-order valence-corrected chi connectivity index (χ2v) is 6.13. The number of hydrogen-bond donors (Lipinski definition) is 2. The molecule has 2 aromatic rings. The van der Waals surface area contributed by atoms with Gasteiger partial charge >= 0.3 is 0 Å². The van der Waals surface area contributed by atoms with E-state index in [0.29, 0.717) is 25.7 Å². The standard InChI is InChI=1S/C15H12BrClN2OS/c1-8-10(3-2-4-12(8)17)15(20)19-13-6-5-9(14(18)21)7-11(13)16/h2-7H,1H3,(H2,18,21)(H,19,20). The van der Waals surface area contributed by atoms with Gasteiger partial charge in [-0.3, -0.25) is 4.79 Å². The molecule has 21 heavy (non-hydrogen) atoms. The van der Waals surface area contributed by atoms with Crippen LogP contribution in [0.2, 0.25) is 5.02 Å². The van der Waals surface area contributed by atoms with Gasteiger partial charge in [0.25, 0.3) is 5.91 Å². The summed E-state index contributed by atoms with van der Waals surface area (Å²) in [5.74, 6) is -0.223. The molecule has 0 fully saturated rings. The van der Waals surface area contributed by atoms with Crippen molar-refractivity contribution in [2.45, 2.75) is 6.92 Å². The summed E-state index contributed by atoms with van der Waals surface area (Å²) in [6.07, 6.45) is 0. The van der Waals surface area contributed by atoms with Crippen LogP contribution in [0.1, 0.15) is 21.5 Å². The summed E-state index contributed by atoms with van der Waals surface area (Å²) in [6.45, 7) is 1.81. The molecule has 0 radical (unpaired) electrons. The van der Waals surface area contributed by atoms with Gasteiger partial charge in [-0.05, 0) is 58.7 Å². The highest BCUT2D eigenvalue weighted by molar-refractivity contribution is 9.10. The van der Waals surface area contributed by atoms with E-state index >= 15 is 0 Å². The van der Waals surface area contributed by atoms with E-state index in [1.807, 2.05) is 6.92 Å². The van der Waals surface area contributed by atoms with Gasteiger partial charge in [0.1, 0.15) is 4.99 Å². The number of anilines is 1. The number of benzene rings is 2. The minimum atomic E-state index is -0.223. The zero-order valence-electron chi connectivity index (χ0n) is 11.1. The first kappa shape index (κ1) is 15.9. The summed E-state index contributed by atoms with van der Waals surface area (Å²) >= 11 is 14.3. The first-order chi connectivity index (χ1) is 9.90. The molecule has 1 amide bonds. The molecule has 108 valence electrons. The first-order valence-corrected chi connectivity index (χ1v) is 7.64. The van der Waals surface area contributed by atoms with Crippen molar-refractivity contribution in [3.05, 3.63) is 62.6 Å². The second-order valence-electron chi connectivity index (χ2n) is 4.43. The Morgan fingerprint density at radius 2 is 2.05 bits per heavy atom. The molecule has 0 aliphatic rings. The van der Waals surface area contributed by atoms with Gasteiger partial charge in [0, 0.05) is 20.6 Å². The molecule has 0 spiro atoms. The average molecular weight is 384 g/mol. The maximum Gasteiger partial charge on any atom is 0.256 e. The van der Waals surface area contributed by atoms with E-state index < -0.39 is 0 Å². The highest BCUT2D eigenvalue weighted by Crippen LogP contribution is 2.25. The third-order valence-electron chi connectivity index (χ3n) is 3.01. The van der Waals surface area contributed by atoms with Crippen LogP contribution in [-0.2, 0) is 0 Å². The van der Waals surface area contributed by atoms with Crippen LogP contribution in [0, 0.1) is 6.92 Å². The fraction of sp³-hybridized carbons (Fsp3) is 0.0667. The minimum Gasteiger partial charge on any atom is -0.389 e. The Hall–Kier alpha value is -1.43. The number of amides is 1. The topological polar surface area (TPSA) is 55.1 Å². The van der Waals surface area contributed by atoms with Crippen LogP contribution >= 0.6 is 39.7 Å². The number of nitrogens with two attached hydrogens (primary N) is 1. The minimum absolute atomic E-state index is 0.223. The fourth-order valence-corrected chi connectivity index (χ4v) is 2.59. The Bertz CT molecular complexity index is 734. The molecule has 2 aromatic carbocycles. The Morgan fingerprint density at radius 1 is 1.33 bits per heavy atom. The van der Waals surface area contributed by atoms with Gasteiger partial charge < -0.3 is 11.1 Å². The normalized spacial score (nSPS) is 10.2. The van der Waals surface area contributed by atoms with Crippen LogP contribution in [0.5, 0.6) is 0 Å². The van der Waals surface area contributed by atoms with E-state index in [1.165, 1.54) is 0 Å². The Morgan fingerprint density at radius 3 is 2.67 bits per heavy atom. The molecule has 0 aliphatic heterocycles. The van der Waals surface area contributed by atoms with Crippen LogP contribution in [0.4, 0.5) is 5.69 Å². The summed E-state index contributed by atoms with van der Waals surface area (Å²) in [5.41, 5.74) is 8.22. The van der Waals surface area contributed by atoms with E-state index in [-0.39, 0.29) is 5.91 Å². The summed E-state index contributed by atoms with van der Waals surface area (Å²) in [7, 11) is 0. The zero-order chi connectivity index (χ0) is 15.6. The van der Waals surface area contributed by atoms with Crippen molar-refractivity contribution in [2.24, 2.45) is 5.73 Å². The van der Waals surface area contributed by atoms with Crippen molar-refractivity contribution in [3.63, 3.8) is 0 Å². The quantitative estimate of drug-likeness (QED) is 0.777. The number of hydrogen-bond acceptors (Lipinski definition) is 2. The first-order valence-electron chi connectivity index (χ1n) is 6.06. The van der Waals surface area contributed by atoms with Crippen molar-refractivity contribution in [2.75, 3.05) is 5.32 Å². The smallest absolute Gasteiger partial charge is 0.256 e. The molecular weight excluding hydrogens is 372 g/mol. The van der Waals surface area contributed by atoms with Crippen LogP contribution in [0.3, 0.4) is 0 Å². The predicted molar refractivity (Wildman–Crippen MR) is 94.2 cm³/mol. The maximum atomic E-state index is 12.3. The molecule has 0 aromatic heterocycles. The lowest BCUT2D eigenvalue weighted by Gasteiger charge is -2.11. The number of halogens is 2. The molecule has 3 N–H and O–H groups in total. The number of carbonyl (C=O) groups is 1.